The molecule has 0 saturated heterocycles. The highest BCUT2D eigenvalue weighted by Crippen LogP contribution is 2.38. The summed E-state index contributed by atoms with van der Waals surface area (Å²) in [4.78, 5) is 11.7. The zero-order valence-electron chi connectivity index (χ0n) is 9.60. The minimum Gasteiger partial charge on any atom is -0.364 e. The Kier molecular flexibility index (Phi) is 5.26. The third kappa shape index (κ3) is 2.94. The molecule has 0 bridgehead atoms. The summed E-state index contributed by atoms with van der Waals surface area (Å²) in [5.41, 5.74) is -0.647. The molecule has 0 radical (unpaired) electrons. The SMILES string of the molecule is CCCC(OC)(C(=O)Cl)c1ccc(Cl)cc1Cl. The van der Waals surface area contributed by atoms with E-state index < -0.39 is 10.8 Å². The molecule has 1 aromatic rings. The second kappa shape index (κ2) is 6.05. The summed E-state index contributed by atoms with van der Waals surface area (Å²) in [6.45, 7) is 1.94. The van der Waals surface area contributed by atoms with Crippen LogP contribution in [0.15, 0.2) is 18.2 Å². The van der Waals surface area contributed by atoms with E-state index in [-0.39, 0.29) is 0 Å². The topological polar surface area (TPSA) is 26.3 Å². The molecule has 0 aliphatic heterocycles. The first kappa shape index (κ1) is 14.8. The maximum Gasteiger partial charge on any atom is 0.258 e. The Balaban J connectivity index is 3.35. The first-order chi connectivity index (χ1) is 7.97. The van der Waals surface area contributed by atoms with Crippen molar-refractivity contribution >= 4 is 40.0 Å². The number of carbonyl (C=O) groups excluding carboxylic acids is 1. The monoisotopic (exact) mass is 294 g/mol. The normalized spacial score (nSPS) is 14.4. The van der Waals surface area contributed by atoms with Crippen LogP contribution in [0.3, 0.4) is 0 Å². The molecule has 0 amide bonds. The maximum absolute atomic E-state index is 11.7. The van der Waals surface area contributed by atoms with Crippen LogP contribution in [0, 0.1) is 0 Å². The molecule has 0 fully saturated rings. The van der Waals surface area contributed by atoms with Crippen LogP contribution in [0.5, 0.6) is 0 Å². The molecule has 1 unspecified atom stereocenters. The quantitative estimate of drug-likeness (QED) is 0.753. The molecule has 0 heterocycles. The van der Waals surface area contributed by atoms with Crippen LogP contribution in [-0.2, 0) is 15.1 Å². The van der Waals surface area contributed by atoms with Gasteiger partial charge in [0.2, 0.25) is 0 Å². The molecular formula is C12H13Cl3O2. The average Bonchev–Trinajstić information content (AvgIpc) is 2.26. The Bertz CT molecular complexity index is 420. The lowest BCUT2D eigenvalue weighted by molar-refractivity contribution is -0.134. The van der Waals surface area contributed by atoms with Crippen LogP contribution < -0.4 is 0 Å². The number of carbonyl (C=O) groups is 1. The Morgan fingerprint density at radius 1 is 1.41 bits per heavy atom. The molecule has 1 atom stereocenters. The molecule has 17 heavy (non-hydrogen) atoms. The second-order valence-corrected chi connectivity index (χ2v) is 4.87. The van der Waals surface area contributed by atoms with Crippen molar-refractivity contribution < 1.29 is 9.53 Å². The maximum atomic E-state index is 11.7. The summed E-state index contributed by atoms with van der Waals surface area (Å²) in [6.07, 6.45) is 1.21. The fraction of sp³-hybridized carbons (Fsp3) is 0.417. The highest BCUT2D eigenvalue weighted by Gasteiger charge is 2.40. The van der Waals surface area contributed by atoms with Crippen LogP contribution in [0.2, 0.25) is 10.0 Å². The smallest absolute Gasteiger partial charge is 0.258 e. The second-order valence-electron chi connectivity index (χ2n) is 3.68. The van der Waals surface area contributed by atoms with Crippen molar-refractivity contribution in [3.63, 3.8) is 0 Å². The van der Waals surface area contributed by atoms with E-state index in [9.17, 15) is 4.79 Å². The molecule has 94 valence electrons. The van der Waals surface area contributed by atoms with Crippen molar-refractivity contribution in [1.29, 1.82) is 0 Å². The van der Waals surface area contributed by atoms with E-state index in [1.165, 1.54) is 7.11 Å². The van der Waals surface area contributed by atoms with Crippen molar-refractivity contribution in [3.8, 4) is 0 Å². The van der Waals surface area contributed by atoms with E-state index in [4.69, 9.17) is 39.5 Å². The Labute approximate surface area is 116 Å². The van der Waals surface area contributed by atoms with E-state index in [0.29, 0.717) is 22.0 Å². The molecule has 0 N–H and O–H groups in total. The van der Waals surface area contributed by atoms with Gasteiger partial charge < -0.3 is 4.74 Å². The molecule has 0 aromatic heterocycles. The number of methoxy groups -OCH3 is 1. The molecule has 1 rings (SSSR count). The summed E-state index contributed by atoms with van der Waals surface area (Å²) in [5, 5.41) is 0.301. The number of hydrogen-bond acceptors (Lipinski definition) is 2. The molecule has 1 aromatic carbocycles. The predicted molar refractivity (Wildman–Crippen MR) is 70.9 cm³/mol. The van der Waals surface area contributed by atoms with Crippen molar-refractivity contribution in [2.24, 2.45) is 0 Å². The lowest BCUT2D eigenvalue weighted by Crippen LogP contribution is -2.35. The summed E-state index contributed by atoms with van der Waals surface area (Å²) in [5.74, 6) is 0. The molecule has 0 spiro atoms. The first-order valence-corrected chi connectivity index (χ1v) is 6.32. The van der Waals surface area contributed by atoms with Gasteiger partial charge in [0, 0.05) is 22.7 Å². The predicted octanol–water partition coefficient (Wildman–Crippen LogP) is 4.40. The molecule has 2 nitrogen and oxygen atoms in total. The van der Waals surface area contributed by atoms with Crippen LogP contribution in [0.4, 0.5) is 0 Å². The first-order valence-electron chi connectivity index (χ1n) is 5.18. The molecule has 0 aliphatic carbocycles. The average molecular weight is 296 g/mol. The minimum absolute atomic E-state index is 0.377. The van der Waals surface area contributed by atoms with Crippen molar-refractivity contribution in [2.75, 3.05) is 7.11 Å². The van der Waals surface area contributed by atoms with Gasteiger partial charge in [-0.05, 0) is 30.2 Å². The van der Waals surface area contributed by atoms with Crippen LogP contribution in [-0.4, -0.2) is 12.4 Å². The summed E-state index contributed by atoms with van der Waals surface area (Å²) in [6, 6.07) is 4.90. The zero-order valence-corrected chi connectivity index (χ0v) is 11.9. The van der Waals surface area contributed by atoms with Gasteiger partial charge in [-0.3, -0.25) is 4.79 Å². The Morgan fingerprint density at radius 3 is 2.47 bits per heavy atom. The van der Waals surface area contributed by atoms with Crippen molar-refractivity contribution in [3.05, 3.63) is 33.8 Å². The summed E-state index contributed by atoms with van der Waals surface area (Å²) >= 11 is 17.6. The highest BCUT2D eigenvalue weighted by atomic mass is 35.5. The zero-order chi connectivity index (χ0) is 13.1. The molecule has 0 aliphatic rings. The van der Waals surface area contributed by atoms with Crippen molar-refractivity contribution in [1.82, 2.24) is 0 Å². The van der Waals surface area contributed by atoms with E-state index in [2.05, 4.69) is 0 Å². The van der Waals surface area contributed by atoms with Gasteiger partial charge in [-0.25, -0.2) is 0 Å². The third-order valence-corrected chi connectivity index (χ3v) is 3.49. The fourth-order valence-electron chi connectivity index (χ4n) is 1.80. The van der Waals surface area contributed by atoms with E-state index in [1.807, 2.05) is 6.92 Å². The van der Waals surface area contributed by atoms with Gasteiger partial charge in [0.1, 0.15) is 0 Å². The standard InChI is InChI=1S/C12H13Cl3O2/c1-3-6-12(17-2,11(15)16)9-5-4-8(13)7-10(9)14/h4-5,7H,3,6H2,1-2H3. The highest BCUT2D eigenvalue weighted by molar-refractivity contribution is 6.65. The van der Waals surface area contributed by atoms with Gasteiger partial charge in [-0.15, -0.1) is 0 Å². The van der Waals surface area contributed by atoms with E-state index in [1.54, 1.807) is 18.2 Å². The molecular weight excluding hydrogens is 282 g/mol. The van der Waals surface area contributed by atoms with Gasteiger partial charge in [0.05, 0.1) is 0 Å². The largest absolute Gasteiger partial charge is 0.364 e. The Morgan fingerprint density at radius 2 is 2.06 bits per heavy atom. The Hall–Kier alpha value is -0.280. The lowest BCUT2D eigenvalue weighted by atomic mass is 9.90. The third-order valence-electron chi connectivity index (χ3n) is 2.63. The molecule has 5 heteroatoms. The molecule has 0 saturated carbocycles. The minimum atomic E-state index is -1.20. The van der Waals surface area contributed by atoms with Gasteiger partial charge in [-0.1, -0.05) is 42.6 Å². The van der Waals surface area contributed by atoms with Gasteiger partial charge in [0.15, 0.2) is 5.60 Å². The number of hydrogen-bond donors (Lipinski definition) is 0. The number of benzene rings is 1. The fourth-order valence-corrected chi connectivity index (χ4v) is 2.63. The number of ether oxygens (including phenoxy) is 1. The lowest BCUT2D eigenvalue weighted by Gasteiger charge is -2.29. The number of rotatable bonds is 5. The summed E-state index contributed by atoms with van der Waals surface area (Å²) < 4.78 is 5.34. The van der Waals surface area contributed by atoms with Gasteiger partial charge in [-0.2, -0.15) is 0 Å². The van der Waals surface area contributed by atoms with Crippen molar-refractivity contribution in [2.45, 2.75) is 25.4 Å². The van der Waals surface area contributed by atoms with Gasteiger partial charge >= 0.3 is 0 Å². The van der Waals surface area contributed by atoms with Gasteiger partial charge in [0.25, 0.3) is 5.24 Å². The number of halogens is 3. The van der Waals surface area contributed by atoms with E-state index >= 15 is 0 Å². The summed E-state index contributed by atoms with van der Waals surface area (Å²) in [7, 11) is 1.45. The van der Waals surface area contributed by atoms with Crippen LogP contribution in [0.1, 0.15) is 25.3 Å². The van der Waals surface area contributed by atoms with Crippen LogP contribution in [0.25, 0.3) is 0 Å². The van der Waals surface area contributed by atoms with E-state index in [0.717, 1.165) is 6.42 Å². The van der Waals surface area contributed by atoms with Crippen LogP contribution >= 0.6 is 34.8 Å².